The minimum atomic E-state index is -0.514. The summed E-state index contributed by atoms with van der Waals surface area (Å²) >= 11 is 0. The highest BCUT2D eigenvalue weighted by atomic mass is 19.1. The Balaban J connectivity index is 2.28. The number of carbonyl (C=O) groups is 1. The van der Waals surface area contributed by atoms with Crippen molar-refractivity contribution in [3.63, 3.8) is 0 Å². The van der Waals surface area contributed by atoms with Gasteiger partial charge in [-0.05, 0) is 36.3 Å². The molecule has 2 rings (SSSR count). The van der Waals surface area contributed by atoms with Crippen LogP contribution < -0.4 is 10.9 Å². The molecular weight excluding hydrogens is 273 g/mol. The van der Waals surface area contributed by atoms with Gasteiger partial charge in [0.1, 0.15) is 17.2 Å². The SMILES string of the molecule is CNC(=O)c1cnc(/C=C/c2ccc(F)cc2C)[nH]c1=O. The molecule has 0 unspecified atom stereocenters. The highest BCUT2D eigenvalue weighted by Crippen LogP contribution is 2.12. The molecule has 108 valence electrons. The van der Waals surface area contributed by atoms with Gasteiger partial charge in [0.25, 0.3) is 11.5 Å². The Hall–Kier alpha value is -2.76. The molecule has 0 atom stereocenters. The first-order valence-electron chi connectivity index (χ1n) is 6.27. The van der Waals surface area contributed by atoms with E-state index in [1.807, 2.05) is 0 Å². The number of aromatic nitrogens is 2. The van der Waals surface area contributed by atoms with Crippen molar-refractivity contribution in [2.45, 2.75) is 6.92 Å². The minimum absolute atomic E-state index is 0.0485. The zero-order chi connectivity index (χ0) is 15.4. The Morgan fingerprint density at radius 3 is 2.76 bits per heavy atom. The third kappa shape index (κ3) is 3.42. The summed E-state index contributed by atoms with van der Waals surface area (Å²) in [6, 6.07) is 4.42. The van der Waals surface area contributed by atoms with E-state index < -0.39 is 11.5 Å². The van der Waals surface area contributed by atoms with Gasteiger partial charge in [0.15, 0.2) is 0 Å². The van der Waals surface area contributed by atoms with Crippen LogP contribution in [0.4, 0.5) is 4.39 Å². The number of aryl methyl sites for hydroxylation is 1. The maximum atomic E-state index is 13.0. The van der Waals surface area contributed by atoms with Crippen molar-refractivity contribution >= 4 is 18.1 Å². The van der Waals surface area contributed by atoms with Crippen LogP contribution >= 0.6 is 0 Å². The highest BCUT2D eigenvalue weighted by Gasteiger charge is 2.08. The van der Waals surface area contributed by atoms with Gasteiger partial charge < -0.3 is 10.3 Å². The van der Waals surface area contributed by atoms with Crippen LogP contribution in [0.15, 0.2) is 29.2 Å². The molecule has 0 aliphatic carbocycles. The van der Waals surface area contributed by atoms with Gasteiger partial charge in [-0.1, -0.05) is 12.1 Å². The van der Waals surface area contributed by atoms with Gasteiger partial charge in [-0.25, -0.2) is 9.37 Å². The van der Waals surface area contributed by atoms with Crippen molar-refractivity contribution in [1.82, 2.24) is 15.3 Å². The average molecular weight is 287 g/mol. The second-order valence-electron chi connectivity index (χ2n) is 4.42. The molecule has 0 fully saturated rings. The topological polar surface area (TPSA) is 74.8 Å². The number of carbonyl (C=O) groups excluding carboxylic acids is 1. The summed E-state index contributed by atoms with van der Waals surface area (Å²) in [7, 11) is 1.44. The molecule has 2 aromatic rings. The molecule has 0 saturated heterocycles. The van der Waals surface area contributed by atoms with Gasteiger partial charge in [-0.2, -0.15) is 0 Å². The third-order valence-corrected chi connectivity index (χ3v) is 2.94. The smallest absolute Gasteiger partial charge is 0.263 e. The van der Waals surface area contributed by atoms with E-state index >= 15 is 0 Å². The summed E-state index contributed by atoms with van der Waals surface area (Å²) in [6.07, 6.45) is 4.52. The van der Waals surface area contributed by atoms with Crippen LogP contribution in [0.1, 0.15) is 27.3 Å². The third-order valence-electron chi connectivity index (χ3n) is 2.94. The predicted octanol–water partition coefficient (Wildman–Crippen LogP) is 1.75. The van der Waals surface area contributed by atoms with Crippen molar-refractivity contribution in [2.24, 2.45) is 0 Å². The number of hydrogen-bond donors (Lipinski definition) is 2. The van der Waals surface area contributed by atoms with E-state index in [2.05, 4.69) is 15.3 Å². The largest absolute Gasteiger partial charge is 0.355 e. The van der Waals surface area contributed by atoms with Crippen LogP contribution in [0.25, 0.3) is 12.2 Å². The van der Waals surface area contributed by atoms with Gasteiger partial charge in [0, 0.05) is 13.2 Å². The molecule has 0 radical (unpaired) electrons. The number of H-pyrrole nitrogens is 1. The molecule has 0 aliphatic rings. The fourth-order valence-electron chi connectivity index (χ4n) is 1.78. The predicted molar refractivity (Wildman–Crippen MR) is 78.3 cm³/mol. The van der Waals surface area contributed by atoms with E-state index in [1.165, 1.54) is 25.4 Å². The molecule has 0 spiro atoms. The number of benzene rings is 1. The molecule has 0 bridgehead atoms. The lowest BCUT2D eigenvalue weighted by molar-refractivity contribution is 0.0961. The van der Waals surface area contributed by atoms with Crippen LogP contribution in [0.3, 0.4) is 0 Å². The molecular formula is C15H14FN3O2. The van der Waals surface area contributed by atoms with Crippen LogP contribution in [-0.2, 0) is 0 Å². The molecule has 0 aliphatic heterocycles. The van der Waals surface area contributed by atoms with Crippen molar-refractivity contribution < 1.29 is 9.18 Å². The van der Waals surface area contributed by atoms with Crippen LogP contribution in [0.5, 0.6) is 0 Å². The number of rotatable bonds is 3. The van der Waals surface area contributed by atoms with Crippen LogP contribution in [-0.4, -0.2) is 22.9 Å². The lowest BCUT2D eigenvalue weighted by Crippen LogP contribution is -2.27. The Labute approximate surface area is 120 Å². The Kier molecular flexibility index (Phi) is 4.27. The summed E-state index contributed by atoms with van der Waals surface area (Å²) in [5, 5.41) is 2.36. The van der Waals surface area contributed by atoms with E-state index in [0.29, 0.717) is 5.82 Å². The fraction of sp³-hybridized carbons (Fsp3) is 0.133. The summed E-state index contributed by atoms with van der Waals surface area (Å²) in [4.78, 5) is 29.6. The van der Waals surface area contributed by atoms with Crippen LogP contribution in [0, 0.1) is 12.7 Å². The van der Waals surface area contributed by atoms with Crippen molar-refractivity contribution in [3.05, 3.63) is 63.1 Å². The van der Waals surface area contributed by atoms with Gasteiger partial charge in [0.05, 0.1) is 0 Å². The molecule has 1 aromatic heterocycles. The Morgan fingerprint density at radius 1 is 1.38 bits per heavy atom. The van der Waals surface area contributed by atoms with Crippen molar-refractivity contribution in [2.75, 3.05) is 7.05 Å². The molecule has 6 heteroatoms. The van der Waals surface area contributed by atoms with E-state index in [0.717, 1.165) is 11.1 Å². The first-order valence-corrected chi connectivity index (χ1v) is 6.27. The number of halogens is 1. The van der Waals surface area contributed by atoms with Crippen molar-refractivity contribution in [3.8, 4) is 0 Å². The summed E-state index contributed by atoms with van der Waals surface area (Å²) in [5.74, 6) is -0.476. The van der Waals surface area contributed by atoms with E-state index in [9.17, 15) is 14.0 Å². The maximum Gasteiger partial charge on any atom is 0.263 e. The zero-order valence-corrected chi connectivity index (χ0v) is 11.6. The number of nitrogens with one attached hydrogen (secondary N) is 2. The molecule has 5 nitrogen and oxygen atoms in total. The first kappa shape index (κ1) is 14.6. The molecule has 1 heterocycles. The van der Waals surface area contributed by atoms with Crippen molar-refractivity contribution in [1.29, 1.82) is 0 Å². The standard InChI is InChI=1S/C15H14FN3O2/c1-9-7-11(16)5-3-10(9)4-6-13-18-8-12(14(20)17-2)15(21)19-13/h3-8H,1-2H3,(H,17,20)(H,18,19,21)/b6-4+. The quantitative estimate of drug-likeness (QED) is 0.903. The normalized spacial score (nSPS) is 10.8. The number of aromatic amines is 1. The Bertz CT molecular complexity index is 766. The molecule has 1 aromatic carbocycles. The lowest BCUT2D eigenvalue weighted by Gasteiger charge is -2.01. The Morgan fingerprint density at radius 2 is 2.14 bits per heavy atom. The fourth-order valence-corrected chi connectivity index (χ4v) is 1.78. The number of nitrogens with zero attached hydrogens (tertiary/aromatic N) is 1. The minimum Gasteiger partial charge on any atom is -0.355 e. The molecule has 21 heavy (non-hydrogen) atoms. The van der Waals surface area contributed by atoms with Gasteiger partial charge >= 0.3 is 0 Å². The average Bonchev–Trinajstić information content (AvgIpc) is 2.45. The monoisotopic (exact) mass is 287 g/mol. The molecule has 2 N–H and O–H groups in total. The summed E-state index contributed by atoms with van der Waals surface area (Å²) in [5.41, 5.74) is 1.03. The number of amides is 1. The van der Waals surface area contributed by atoms with E-state index in [1.54, 1.807) is 25.1 Å². The molecule has 0 saturated carbocycles. The van der Waals surface area contributed by atoms with E-state index in [-0.39, 0.29) is 11.4 Å². The highest BCUT2D eigenvalue weighted by molar-refractivity contribution is 5.93. The summed E-state index contributed by atoms with van der Waals surface area (Å²) < 4.78 is 13.0. The van der Waals surface area contributed by atoms with E-state index in [4.69, 9.17) is 0 Å². The van der Waals surface area contributed by atoms with Gasteiger partial charge in [-0.3, -0.25) is 9.59 Å². The first-order chi connectivity index (χ1) is 10.0. The zero-order valence-electron chi connectivity index (χ0n) is 11.6. The maximum absolute atomic E-state index is 13.0. The van der Waals surface area contributed by atoms with Gasteiger partial charge in [-0.15, -0.1) is 0 Å². The lowest BCUT2D eigenvalue weighted by atomic mass is 10.1. The number of hydrogen-bond acceptors (Lipinski definition) is 3. The second-order valence-corrected chi connectivity index (χ2v) is 4.42. The van der Waals surface area contributed by atoms with Gasteiger partial charge in [0.2, 0.25) is 0 Å². The summed E-state index contributed by atoms with van der Waals surface area (Å²) in [6.45, 7) is 1.79. The van der Waals surface area contributed by atoms with Crippen LogP contribution in [0.2, 0.25) is 0 Å². The second kappa shape index (κ2) is 6.13. The molecule has 1 amide bonds.